The topological polar surface area (TPSA) is 135 Å². The fourth-order valence-electron chi connectivity index (χ4n) is 0.434. The summed E-state index contributed by atoms with van der Waals surface area (Å²) in [6.07, 6.45) is -2.13. The van der Waals surface area contributed by atoms with Crippen molar-refractivity contribution in [3.05, 3.63) is 0 Å². The van der Waals surface area contributed by atoms with E-state index in [1.54, 1.807) is 13.8 Å². The van der Waals surface area contributed by atoms with Crippen LogP contribution >= 0.6 is 0 Å². The van der Waals surface area contributed by atoms with Gasteiger partial charge in [0, 0.05) is 11.8 Å². The van der Waals surface area contributed by atoms with Crippen molar-refractivity contribution >= 4 is 11.9 Å². The van der Waals surface area contributed by atoms with Gasteiger partial charge in [-0.05, 0) is 6.42 Å². The maximum atomic E-state index is 9.87. The number of carboxylic acid groups (broad SMARTS) is 2. The van der Waals surface area contributed by atoms with Crippen LogP contribution in [0.4, 0.5) is 0 Å². The Morgan fingerprint density at radius 1 is 1.12 bits per heavy atom. The Morgan fingerprint density at radius 2 is 1.53 bits per heavy atom. The molecule has 0 amide bonds. The highest BCUT2D eigenvalue weighted by molar-refractivity contribution is 5.73. The lowest BCUT2D eigenvalue weighted by molar-refractivity contribution is -0.147. The molecule has 0 spiro atoms. The predicted octanol–water partition coefficient (Wildman–Crippen LogP) is -0.706. The summed E-state index contributed by atoms with van der Waals surface area (Å²) >= 11 is 0. The standard InChI is InChI=1S/C5H8O5.C5H12O2/c6-3(5(9)10)1-2-4(7)8;1-5(2,3-6)4-7/h3,6H,1-2H2,(H,7,8)(H,9,10);6-7H,3-4H2,1-2H3. The molecule has 0 saturated carbocycles. The molecule has 7 nitrogen and oxygen atoms in total. The largest absolute Gasteiger partial charge is 0.481 e. The second kappa shape index (κ2) is 8.91. The lowest BCUT2D eigenvalue weighted by atomic mass is 9.97. The molecular formula is C10H20O7. The Kier molecular flexibility index (Phi) is 9.54. The molecule has 0 fully saturated rings. The minimum Gasteiger partial charge on any atom is -0.481 e. The van der Waals surface area contributed by atoms with Gasteiger partial charge in [0.2, 0.25) is 0 Å². The van der Waals surface area contributed by atoms with E-state index in [4.69, 9.17) is 25.5 Å². The number of rotatable bonds is 6. The molecule has 7 heteroatoms. The highest BCUT2D eigenvalue weighted by Crippen LogP contribution is 2.10. The summed E-state index contributed by atoms with van der Waals surface area (Å²) in [4.78, 5) is 19.7. The first-order valence-electron chi connectivity index (χ1n) is 5.00. The molecule has 102 valence electrons. The van der Waals surface area contributed by atoms with Gasteiger partial charge >= 0.3 is 11.9 Å². The summed E-state index contributed by atoms with van der Waals surface area (Å²) in [5, 5.41) is 41.5. The number of hydrogen-bond acceptors (Lipinski definition) is 5. The van der Waals surface area contributed by atoms with Gasteiger partial charge in [0.05, 0.1) is 13.2 Å². The van der Waals surface area contributed by atoms with Crippen LogP contribution in [-0.2, 0) is 9.59 Å². The normalized spacial score (nSPS) is 12.3. The van der Waals surface area contributed by atoms with Crippen molar-refractivity contribution in [2.45, 2.75) is 32.8 Å². The Morgan fingerprint density at radius 3 is 1.71 bits per heavy atom. The van der Waals surface area contributed by atoms with Crippen LogP contribution in [0.15, 0.2) is 0 Å². The Hall–Kier alpha value is -1.18. The van der Waals surface area contributed by atoms with Crippen molar-refractivity contribution in [2.75, 3.05) is 13.2 Å². The van der Waals surface area contributed by atoms with Gasteiger partial charge in [-0.3, -0.25) is 4.79 Å². The third kappa shape index (κ3) is 12.8. The third-order valence-electron chi connectivity index (χ3n) is 1.77. The van der Waals surface area contributed by atoms with Crippen molar-refractivity contribution in [1.29, 1.82) is 0 Å². The van der Waals surface area contributed by atoms with Crippen LogP contribution in [0.1, 0.15) is 26.7 Å². The van der Waals surface area contributed by atoms with Crippen molar-refractivity contribution in [3.8, 4) is 0 Å². The Labute approximate surface area is 99.3 Å². The molecule has 0 aromatic carbocycles. The van der Waals surface area contributed by atoms with Crippen LogP contribution < -0.4 is 0 Å². The molecule has 0 radical (unpaired) electrons. The predicted molar refractivity (Wildman–Crippen MR) is 58.5 cm³/mol. The van der Waals surface area contributed by atoms with E-state index in [0.29, 0.717) is 0 Å². The summed E-state index contributed by atoms with van der Waals surface area (Å²) in [5.74, 6) is -2.50. The van der Waals surface area contributed by atoms with Gasteiger partial charge in [0.25, 0.3) is 0 Å². The van der Waals surface area contributed by atoms with E-state index in [-0.39, 0.29) is 31.5 Å². The second-order valence-corrected chi connectivity index (χ2v) is 4.27. The lowest BCUT2D eigenvalue weighted by Crippen LogP contribution is -2.20. The van der Waals surface area contributed by atoms with Gasteiger partial charge in [-0.25, -0.2) is 4.79 Å². The van der Waals surface area contributed by atoms with Gasteiger partial charge in [0.1, 0.15) is 0 Å². The molecule has 0 aromatic heterocycles. The Bertz CT molecular complexity index is 231. The lowest BCUT2D eigenvalue weighted by Gasteiger charge is -2.16. The van der Waals surface area contributed by atoms with Crippen molar-refractivity contribution < 1.29 is 35.1 Å². The molecule has 1 atom stereocenters. The Balaban J connectivity index is 0. The van der Waals surface area contributed by atoms with Gasteiger partial charge in [-0.15, -0.1) is 0 Å². The highest BCUT2D eigenvalue weighted by atomic mass is 16.4. The average molecular weight is 252 g/mol. The van der Waals surface area contributed by atoms with Crippen molar-refractivity contribution in [3.63, 3.8) is 0 Å². The van der Waals surface area contributed by atoms with E-state index < -0.39 is 18.0 Å². The molecule has 0 heterocycles. The van der Waals surface area contributed by atoms with Crippen LogP contribution in [0, 0.1) is 5.41 Å². The molecular weight excluding hydrogens is 232 g/mol. The van der Waals surface area contributed by atoms with Crippen LogP contribution in [-0.4, -0.2) is 56.8 Å². The first-order valence-corrected chi connectivity index (χ1v) is 5.00. The van der Waals surface area contributed by atoms with Gasteiger partial charge in [-0.1, -0.05) is 13.8 Å². The smallest absolute Gasteiger partial charge is 0.332 e. The summed E-state index contributed by atoms with van der Waals surface area (Å²) in [5.41, 5.74) is -0.306. The fraction of sp³-hybridized carbons (Fsp3) is 0.800. The van der Waals surface area contributed by atoms with Gasteiger partial charge in [-0.2, -0.15) is 0 Å². The number of aliphatic hydroxyl groups excluding tert-OH is 3. The summed E-state index contributed by atoms with van der Waals surface area (Å²) in [7, 11) is 0. The quantitative estimate of drug-likeness (QED) is 0.421. The first kappa shape index (κ1) is 18.2. The van der Waals surface area contributed by atoms with E-state index in [1.807, 2.05) is 0 Å². The van der Waals surface area contributed by atoms with Crippen molar-refractivity contribution in [2.24, 2.45) is 5.41 Å². The van der Waals surface area contributed by atoms with E-state index in [0.717, 1.165) is 0 Å². The molecule has 0 aliphatic heterocycles. The zero-order valence-electron chi connectivity index (χ0n) is 9.96. The van der Waals surface area contributed by atoms with Crippen LogP contribution in [0.2, 0.25) is 0 Å². The molecule has 0 bridgehead atoms. The number of hydrogen-bond donors (Lipinski definition) is 5. The van der Waals surface area contributed by atoms with E-state index in [1.165, 1.54) is 0 Å². The zero-order chi connectivity index (χ0) is 14.1. The second-order valence-electron chi connectivity index (χ2n) is 4.27. The maximum Gasteiger partial charge on any atom is 0.332 e. The van der Waals surface area contributed by atoms with E-state index in [9.17, 15) is 9.59 Å². The van der Waals surface area contributed by atoms with E-state index >= 15 is 0 Å². The molecule has 0 saturated heterocycles. The fourth-order valence-corrected chi connectivity index (χ4v) is 0.434. The van der Waals surface area contributed by atoms with Crippen LogP contribution in [0.3, 0.4) is 0 Å². The minimum absolute atomic E-state index is 0.0451. The number of aliphatic hydroxyl groups is 3. The molecule has 1 unspecified atom stereocenters. The van der Waals surface area contributed by atoms with Crippen molar-refractivity contribution in [1.82, 2.24) is 0 Å². The monoisotopic (exact) mass is 252 g/mol. The molecule has 0 aromatic rings. The number of aliphatic carboxylic acids is 2. The number of carbonyl (C=O) groups is 2. The summed E-state index contributed by atoms with van der Waals surface area (Å²) in [6, 6.07) is 0. The van der Waals surface area contributed by atoms with Crippen LogP contribution in [0.25, 0.3) is 0 Å². The average Bonchev–Trinajstić information content (AvgIpc) is 2.26. The summed E-state index contributed by atoms with van der Waals surface area (Å²) < 4.78 is 0. The highest BCUT2D eigenvalue weighted by Gasteiger charge is 2.14. The molecule has 0 rings (SSSR count). The van der Waals surface area contributed by atoms with Gasteiger partial charge in [0.15, 0.2) is 6.10 Å². The number of carboxylic acids is 2. The van der Waals surface area contributed by atoms with Gasteiger partial charge < -0.3 is 25.5 Å². The SMILES string of the molecule is CC(C)(CO)CO.O=C(O)CCC(O)C(=O)O. The molecule has 0 aliphatic rings. The summed E-state index contributed by atoms with van der Waals surface area (Å²) in [6.45, 7) is 3.69. The van der Waals surface area contributed by atoms with Crippen LogP contribution in [0.5, 0.6) is 0 Å². The third-order valence-corrected chi connectivity index (χ3v) is 1.77. The first-order chi connectivity index (χ1) is 7.66. The minimum atomic E-state index is -1.56. The maximum absolute atomic E-state index is 9.87. The molecule has 0 aliphatic carbocycles. The zero-order valence-corrected chi connectivity index (χ0v) is 9.96. The molecule has 5 N–H and O–H groups in total. The van der Waals surface area contributed by atoms with E-state index in [2.05, 4.69) is 0 Å². The molecule has 17 heavy (non-hydrogen) atoms.